The maximum absolute atomic E-state index is 12.4. The van der Waals surface area contributed by atoms with Gasteiger partial charge in [0.15, 0.2) is 0 Å². The van der Waals surface area contributed by atoms with E-state index in [9.17, 15) is 15.0 Å². The molecule has 0 fully saturated rings. The van der Waals surface area contributed by atoms with E-state index in [1.807, 2.05) is 6.08 Å². The Labute approximate surface area is 364 Å². The van der Waals surface area contributed by atoms with Gasteiger partial charge in [0.05, 0.1) is 18.8 Å². The van der Waals surface area contributed by atoms with Crippen LogP contribution in [0.4, 0.5) is 0 Å². The van der Waals surface area contributed by atoms with Gasteiger partial charge in [0.2, 0.25) is 5.91 Å². The van der Waals surface area contributed by atoms with Gasteiger partial charge in [0.1, 0.15) is 0 Å². The van der Waals surface area contributed by atoms with E-state index in [0.717, 1.165) is 96.3 Å². The summed E-state index contributed by atoms with van der Waals surface area (Å²) >= 11 is 0. The molecule has 0 spiro atoms. The number of amides is 1. The fourth-order valence-corrected chi connectivity index (χ4v) is 6.21. The van der Waals surface area contributed by atoms with Gasteiger partial charge in [-0.1, -0.05) is 212 Å². The molecule has 0 aliphatic rings. The summed E-state index contributed by atoms with van der Waals surface area (Å²) < 4.78 is 0. The lowest BCUT2D eigenvalue weighted by Crippen LogP contribution is -2.45. The molecule has 0 rings (SSSR count). The van der Waals surface area contributed by atoms with Crippen molar-refractivity contribution in [2.24, 2.45) is 0 Å². The average Bonchev–Trinajstić information content (AvgIpc) is 3.24. The Morgan fingerprint density at radius 2 is 0.763 bits per heavy atom. The summed E-state index contributed by atoms with van der Waals surface area (Å²) in [7, 11) is 0. The second kappa shape index (κ2) is 48.9. The molecule has 0 aromatic carbocycles. The summed E-state index contributed by atoms with van der Waals surface area (Å²) in [6.07, 6.45) is 77.2. The molecule has 0 saturated heterocycles. The van der Waals surface area contributed by atoms with Crippen molar-refractivity contribution in [3.63, 3.8) is 0 Å². The van der Waals surface area contributed by atoms with Crippen LogP contribution in [-0.2, 0) is 4.79 Å². The molecule has 3 N–H and O–H groups in total. The molecule has 0 aliphatic carbocycles. The van der Waals surface area contributed by atoms with Gasteiger partial charge in [0, 0.05) is 6.42 Å². The smallest absolute Gasteiger partial charge is 0.220 e. The number of rotatable bonds is 41. The van der Waals surface area contributed by atoms with Crippen molar-refractivity contribution < 1.29 is 15.0 Å². The largest absolute Gasteiger partial charge is 0.394 e. The van der Waals surface area contributed by atoms with Crippen LogP contribution in [0, 0.1) is 0 Å². The van der Waals surface area contributed by atoms with Crippen LogP contribution >= 0.6 is 0 Å². The first-order valence-electron chi connectivity index (χ1n) is 23.9. The molecule has 0 saturated carbocycles. The zero-order chi connectivity index (χ0) is 42.8. The minimum atomic E-state index is -0.879. The molecule has 332 valence electrons. The number of hydrogen-bond acceptors (Lipinski definition) is 3. The Kier molecular flexibility index (Phi) is 46.0. The minimum Gasteiger partial charge on any atom is -0.394 e. The normalized spacial score (nSPS) is 14.2. The molecule has 0 aliphatic heterocycles. The van der Waals surface area contributed by atoms with E-state index in [1.165, 1.54) is 70.6 Å². The summed E-state index contributed by atoms with van der Waals surface area (Å²) in [5.74, 6) is -0.0914. The average molecular weight is 812 g/mol. The monoisotopic (exact) mass is 812 g/mol. The highest BCUT2D eigenvalue weighted by Gasteiger charge is 2.17. The molecular weight excluding hydrogens is 723 g/mol. The number of carbonyl (C=O) groups is 1. The molecule has 0 heterocycles. The topological polar surface area (TPSA) is 69.6 Å². The SMILES string of the molecule is CC/C=C\C/C=C\C/C=C\C/C=C\C/C=C\C/C=C\C/C=C\C/C=C\CCCCCCCCCCCCC(=O)NC(CO)C(O)/C=C/CC/C=C/CC/C=C/CCCC. The van der Waals surface area contributed by atoms with Crippen LogP contribution in [-0.4, -0.2) is 34.9 Å². The molecule has 0 bridgehead atoms. The van der Waals surface area contributed by atoms with Crippen LogP contribution in [0.15, 0.2) is 134 Å². The number of nitrogens with one attached hydrogen (secondary N) is 1. The van der Waals surface area contributed by atoms with E-state index >= 15 is 0 Å². The summed E-state index contributed by atoms with van der Waals surface area (Å²) in [6.45, 7) is 4.11. The molecule has 59 heavy (non-hydrogen) atoms. The van der Waals surface area contributed by atoms with Gasteiger partial charge < -0.3 is 15.5 Å². The van der Waals surface area contributed by atoms with E-state index in [4.69, 9.17) is 0 Å². The molecule has 0 aromatic rings. The highest BCUT2D eigenvalue weighted by molar-refractivity contribution is 5.76. The maximum Gasteiger partial charge on any atom is 0.220 e. The van der Waals surface area contributed by atoms with E-state index < -0.39 is 12.1 Å². The molecule has 2 unspecified atom stereocenters. The van der Waals surface area contributed by atoms with Gasteiger partial charge in [-0.05, 0) is 103 Å². The number of allylic oxidation sites excluding steroid dienone is 21. The van der Waals surface area contributed by atoms with E-state index in [2.05, 4.69) is 141 Å². The van der Waals surface area contributed by atoms with Crippen molar-refractivity contribution in [2.75, 3.05) is 6.61 Å². The number of aliphatic hydroxyl groups excluding tert-OH is 2. The van der Waals surface area contributed by atoms with Crippen molar-refractivity contribution in [3.05, 3.63) is 134 Å². The first-order chi connectivity index (χ1) is 29.2. The van der Waals surface area contributed by atoms with Gasteiger partial charge in [0.25, 0.3) is 0 Å². The Hall–Kier alpha value is -3.47. The van der Waals surface area contributed by atoms with Gasteiger partial charge in [-0.2, -0.15) is 0 Å². The van der Waals surface area contributed by atoms with Crippen molar-refractivity contribution in [2.45, 2.75) is 199 Å². The predicted molar refractivity (Wildman–Crippen MR) is 262 cm³/mol. The van der Waals surface area contributed by atoms with Gasteiger partial charge in [-0.3, -0.25) is 4.79 Å². The lowest BCUT2D eigenvalue weighted by molar-refractivity contribution is -0.123. The van der Waals surface area contributed by atoms with Crippen molar-refractivity contribution in [1.29, 1.82) is 0 Å². The second-order valence-electron chi connectivity index (χ2n) is 15.4. The lowest BCUT2D eigenvalue weighted by Gasteiger charge is -2.19. The van der Waals surface area contributed by atoms with E-state index in [1.54, 1.807) is 6.08 Å². The van der Waals surface area contributed by atoms with Gasteiger partial charge >= 0.3 is 0 Å². The molecule has 1 amide bonds. The van der Waals surface area contributed by atoms with Gasteiger partial charge in [-0.25, -0.2) is 0 Å². The molecule has 4 nitrogen and oxygen atoms in total. The number of aliphatic hydroxyl groups is 2. The zero-order valence-electron chi connectivity index (χ0n) is 38.0. The summed E-state index contributed by atoms with van der Waals surface area (Å²) in [4.78, 5) is 12.4. The Balaban J connectivity index is 3.64. The van der Waals surface area contributed by atoms with Crippen LogP contribution < -0.4 is 5.32 Å². The summed E-state index contributed by atoms with van der Waals surface area (Å²) in [5.41, 5.74) is 0. The fraction of sp³-hybridized carbons (Fsp3) is 0.582. The Morgan fingerprint density at radius 3 is 1.19 bits per heavy atom. The van der Waals surface area contributed by atoms with Crippen LogP contribution in [0.3, 0.4) is 0 Å². The lowest BCUT2D eigenvalue weighted by atomic mass is 10.0. The van der Waals surface area contributed by atoms with E-state index in [-0.39, 0.29) is 12.5 Å². The fourth-order valence-electron chi connectivity index (χ4n) is 6.21. The number of unbranched alkanes of at least 4 members (excludes halogenated alkanes) is 14. The Bertz CT molecular complexity index is 1240. The third-order valence-electron chi connectivity index (χ3n) is 9.85. The number of carbonyl (C=O) groups excluding carboxylic acids is 1. The zero-order valence-corrected chi connectivity index (χ0v) is 38.0. The van der Waals surface area contributed by atoms with Crippen molar-refractivity contribution in [3.8, 4) is 0 Å². The van der Waals surface area contributed by atoms with Crippen LogP contribution in [0.25, 0.3) is 0 Å². The number of hydrogen-bond donors (Lipinski definition) is 3. The molecule has 4 heteroatoms. The molecular formula is C55H89NO3. The van der Waals surface area contributed by atoms with Gasteiger partial charge in [-0.15, -0.1) is 0 Å². The third kappa shape index (κ3) is 45.5. The molecule has 0 aromatic heterocycles. The van der Waals surface area contributed by atoms with E-state index in [0.29, 0.717) is 6.42 Å². The van der Waals surface area contributed by atoms with Crippen LogP contribution in [0.2, 0.25) is 0 Å². The van der Waals surface area contributed by atoms with Crippen LogP contribution in [0.1, 0.15) is 187 Å². The highest BCUT2D eigenvalue weighted by atomic mass is 16.3. The first-order valence-corrected chi connectivity index (χ1v) is 23.9. The Morgan fingerprint density at radius 1 is 0.424 bits per heavy atom. The van der Waals surface area contributed by atoms with Crippen molar-refractivity contribution in [1.82, 2.24) is 5.32 Å². The third-order valence-corrected chi connectivity index (χ3v) is 9.85. The second-order valence-corrected chi connectivity index (χ2v) is 15.4. The maximum atomic E-state index is 12.4. The highest BCUT2D eigenvalue weighted by Crippen LogP contribution is 2.13. The first kappa shape index (κ1) is 55.5. The summed E-state index contributed by atoms with van der Waals surface area (Å²) in [5, 5.41) is 22.9. The van der Waals surface area contributed by atoms with Crippen molar-refractivity contribution >= 4 is 5.91 Å². The quantitative estimate of drug-likeness (QED) is 0.0425. The molecule has 2 atom stereocenters. The molecule has 0 radical (unpaired) electrons. The minimum absolute atomic E-state index is 0.0914. The standard InChI is InChI=1S/C55H89NO3/c1-3-5-7-9-11-13-15-17-18-19-20-21-22-23-24-25-26-27-28-29-30-31-32-33-34-35-36-37-38-39-41-43-45-47-49-51-55(59)56-53(52-57)54(58)50-48-46-44-42-40-16-14-12-10-8-6-4-2/h5,7,10-13,17-18,20-21,23-24,26-27,29-30,32-33,40,42,48,50,53-54,57-58H,3-4,6,8-9,14-16,19,22,25,28,31,34-39,41,43-47,49,51-52H2,1-2H3,(H,56,59)/b7-5-,12-10+,13-11-,18-17-,21-20-,24-23-,27-26-,30-29-,33-32-,42-40+,50-48+. The predicted octanol–water partition coefficient (Wildman–Crippen LogP) is 15.5. The summed E-state index contributed by atoms with van der Waals surface area (Å²) in [6, 6.07) is -0.655. The van der Waals surface area contributed by atoms with Crippen LogP contribution in [0.5, 0.6) is 0 Å².